The van der Waals surface area contributed by atoms with Crippen LogP contribution in [0.1, 0.15) is 25.0 Å². The monoisotopic (exact) mass is 312 g/mol. The first-order valence-electron chi connectivity index (χ1n) is 8.33. The largest absolute Gasteiger partial charge is 0.461 e. The van der Waals surface area contributed by atoms with Crippen molar-refractivity contribution in [3.8, 4) is 11.3 Å². The molecule has 23 heavy (non-hydrogen) atoms. The van der Waals surface area contributed by atoms with E-state index in [0.29, 0.717) is 18.9 Å². The van der Waals surface area contributed by atoms with Crippen LogP contribution in [0.2, 0.25) is 0 Å². The Bertz CT molecular complexity index is 628. The molecule has 1 amide bonds. The molecule has 1 fully saturated rings. The van der Waals surface area contributed by atoms with Gasteiger partial charge in [0.1, 0.15) is 11.5 Å². The molecule has 0 unspecified atom stereocenters. The van der Waals surface area contributed by atoms with Gasteiger partial charge in [0.05, 0.1) is 0 Å². The van der Waals surface area contributed by atoms with Crippen LogP contribution >= 0.6 is 0 Å². The highest BCUT2D eigenvalue weighted by atomic mass is 16.3. The molecule has 0 aliphatic carbocycles. The van der Waals surface area contributed by atoms with Gasteiger partial charge in [0.15, 0.2) is 0 Å². The molecular formula is C19H24N2O2. The number of amides is 1. The van der Waals surface area contributed by atoms with Crippen molar-refractivity contribution in [3.63, 3.8) is 0 Å². The van der Waals surface area contributed by atoms with Crippen molar-refractivity contribution in [2.45, 2.75) is 31.7 Å². The third kappa shape index (κ3) is 4.45. The molecule has 1 N–H and O–H groups in total. The van der Waals surface area contributed by atoms with Gasteiger partial charge in [0, 0.05) is 24.4 Å². The Hall–Kier alpha value is -2.07. The van der Waals surface area contributed by atoms with Gasteiger partial charge >= 0.3 is 0 Å². The minimum Gasteiger partial charge on any atom is -0.461 e. The van der Waals surface area contributed by atoms with Gasteiger partial charge in [0.2, 0.25) is 5.91 Å². The Morgan fingerprint density at radius 3 is 2.65 bits per heavy atom. The van der Waals surface area contributed by atoms with Crippen LogP contribution in [0.15, 0.2) is 46.9 Å². The summed E-state index contributed by atoms with van der Waals surface area (Å²) in [7, 11) is 2.12. The Morgan fingerprint density at radius 2 is 1.91 bits per heavy atom. The quantitative estimate of drug-likeness (QED) is 0.923. The van der Waals surface area contributed by atoms with Crippen molar-refractivity contribution >= 4 is 5.91 Å². The smallest absolute Gasteiger partial charge is 0.220 e. The van der Waals surface area contributed by atoms with Gasteiger partial charge in [-0.3, -0.25) is 4.79 Å². The van der Waals surface area contributed by atoms with Crippen LogP contribution in [0.5, 0.6) is 0 Å². The molecule has 122 valence electrons. The number of benzene rings is 1. The first kappa shape index (κ1) is 15.8. The van der Waals surface area contributed by atoms with Gasteiger partial charge in [-0.2, -0.15) is 0 Å². The van der Waals surface area contributed by atoms with E-state index in [-0.39, 0.29) is 5.91 Å². The SMILES string of the molecule is CN1CCC(NC(=O)CCc2ccc(-c3ccccc3)o2)CC1. The van der Waals surface area contributed by atoms with Crippen molar-refractivity contribution in [2.75, 3.05) is 20.1 Å². The first-order chi connectivity index (χ1) is 11.2. The fourth-order valence-electron chi connectivity index (χ4n) is 2.96. The molecule has 1 aliphatic rings. The van der Waals surface area contributed by atoms with Crippen molar-refractivity contribution in [2.24, 2.45) is 0 Å². The highest BCUT2D eigenvalue weighted by molar-refractivity contribution is 5.76. The van der Waals surface area contributed by atoms with Gasteiger partial charge in [-0.05, 0) is 45.1 Å². The summed E-state index contributed by atoms with van der Waals surface area (Å²) in [6.45, 7) is 2.12. The molecule has 4 nitrogen and oxygen atoms in total. The van der Waals surface area contributed by atoms with E-state index < -0.39 is 0 Å². The van der Waals surface area contributed by atoms with E-state index in [9.17, 15) is 4.79 Å². The fraction of sp³-hybridized carbons (Fsp3) is 0.421. The van der Waals surface area contributed by atoms with Gasteiger partial charge in [-0.15, -0.1) is 0 Å². The van der Waals surface area contributed by atoms with Gasteiger partial charge in [-0.25, -0.2) is 0 Å². The number of hydrogen-bond acceptors (Lipinski definition) is 3. The molecule has 1 aliphatic heterocycles. The molecule has 0 spiro atoms. The molecule has 3 rings (SSSR count). The molecule has 0 bridgehead atoms. The van der Waals surface area contributed by atoms with Crippen LogP contribution in [0, 0.1) is 0 Å². The number of rotatable bonds is 5. The predicted molar refractivity (Wildman–Crippen MR) is 91.1 cm³/mol. The first-order valence-corrected chi connectivity index (χ1v) is 8.33. The molecule has 0 radical (unpaired) electrons. The van der Waals surface area contributed by atoms with Crippen molar-refractivity contribution in [1.29, 1.82) is 0 Å². The van der Waals surface area contributed by atoms with Gasteiger partial charge in [0.25, 0.3) is 0 Å². The number of furan rings is 1. The Balaban J connectivity index is 1.47. The summed E-state index contributed by atoms with van der Waals surface area (Å²) in [5.74, 6) is 1.84. The summed E-state index contributed by atoms with van der Waals surface area (Å²) >= 11 is 0. The zero-order valence-electron chi connectivity index (χ0n) is 13.6. The Morgan fingerprint density at radius 1 is 1.17 bits per heavy atom. The lowest BCUT2D eigenvalue weighted by molar-refractivity contribution is -0.122. The van der Waals surface area contributed by atoms with Crippen LogP contribution in [0.3, 0.4) is 0 Å². The van der Waals surface area contributed by atoms with E-state index in [1.165, 1.54) is 0 Å². The second-order valence-corrected chi connectivity index (χ2v) is 6.28. The lowest BCUT2D eigenvalue weighted by Crippen LogP contribution is -2.43. The molecule has 0 saturated carbocycles. The number of hydrogen-bond donors (Lipinski definition) is 1. The van der Waals surface area contributed by atoms with Crippen LogP contribution < -0.4 is 5.32 Å². The van der Waals surface area contributed by atoms with Crippen molar-refractivity contribution < 1.29 is 9.21 Å². The minimum absolute atomic E-state index is 0.122. The van der Waals surface area contributed by atoms with Crippen LogP contribution in [0.4, 0.5) is 0 Å². The zero-order valence-corrected chi connectivity index (χ0v) is 13.6. The average molecular weight is 312 g/mol. The fourth-order valence-corrected chi connectivity index (χ4v) is 2.96. The number of nitrogens with zero attached hydrogens (tertiary/aromatic N) is 1. The van der Waals surface area contributed by atoms with E-state index in [2.05, 4.69) is 17.3 Å². The topological polar surface area (TPSA) is 45.5 Å². The Labute approximate surface area is 137 Å². The lowest BCUT2D eigenvalue weighted by atomic mass is 10.1. The molecule has 1 aromatic heterocycles. The summed E-state index contributed by atoms with van der Waals surface area (Å²) in [6.07, 6.45) is 3.21. The summed E-state index contributed by atoms with van der Waals surface area (Å²) in [5, 5.41) is 3.14. The normalized spacial score (nSPS) is 16.4. The highest BCUT2D eigenvalue weighted by Gasteiger charge is 2.18. The van der Waals surface area contributed by atoms with E-state index in [4.69, 9.17) is 4.42 Å². The van der Waals surface area contributed by atoms with E-state index >= 15 is 0 Å². The zero-order chi connectivity index (χ0) is 16.1. The van der Waals surface area contributed by atoms with Crippen molar-refractivity contribution in [1.82, 2.24) is 10.2 Å². The third-order valence-corrected chi connectivity index (χ3v) is 4.40. The molecule has 0 atom stereocenters. The summed E-state index contributed by atoms with van der Waals surface area (Å²) in [4.78, 5) is 14.4. The number of carbonyl (C=O) groups excluding carboxylic acids is 1. The summed E-state index contributed by atoms with van der Waals surface area (Å²) in [6, 6.07) is 14.3. The molecule has 4 heteroatoms. The second kappa shape index (κ2) is 7.47. The Kier molecular flexibility index (Phi) is 5.13. The maximum absolute atomic E-state index is 12.1. The average Bonchev–Trinajstić information content (AvgIpc) is 3.05. The van der Waals surface area contributed by atoms with E-state index in [0.717, 1.165) is 43.0 Å². The highest BCUT2D eigenvalue weighted by Crippen LogP contribution is 2.22. The van der Waals surface area contributed by atoms with Crippen LogP contribution in [0.25, 0.3) is 11.3 Å². The molecule has 1 aromatic carbocycles. The molecule has 1 saturated heterocycles. The van der Waals surface area contributed by atoms with Crippen LogP contribution in [-0.2, 0) is 11.2 Å². The number of nitrogens with one attached hydrogen (secondary N) is 1. The predicted octanol–water partition coefficient (Wildman–Crippen LogP) is 3.09. The van der Waals surface area contributed by atoms with Gasteiger partial charge in [-0.1, -0.05) is 30.3 Å². The lowest BCUT2D eigenvalue weighted by Gasteiger charge is -2.29. The number of carbonyl (C=O) groups is 1. The van der Waals surface area contributed by atoms with Crippen molar-refractivity contribution in [3.05, 3.63) is 48.2 Å². The molecule has 2 aromatic rings. The van der Waals surface area contributed by atoms with Gasteiger partial charge < -0.3 is 14.6 Å². The summed E-state index contributed by atoms with van der Waals surface area (Å²) in [5.41, 5.74) is 1.06. The number of piperidine rings is 1. The van der Waals surface area contributed by atoms with Crippen LogP contribution in [-0.4, -0.2) is 37.0 Å². The molecular weight excluding hydrogens is 288 g/mol. The number of aryl methyl sites for hydroxylation is 1. The maximum atomic E-state index is 12.1. The maximum Gasteiger partial charge on any atom is 0.220 e. The molecule has 2 heterocycles. The number of likely N-dealkylation sites (tertiary alicyclic amines) is 1. The third-order valence-electron chi connectivity index (χ3n) is 4.40. The van der Waals surface area contributed by atoms with E-state index in [1.54, 1.807) is 0 Å². The minimum atomic E-state index is 0.122. The van der Waals surface area contributed by atoms with E-state index in [1.807, 2.05) is 42.5 Å². The standard InChI is InChI=1S/C19H24N2O2/c1-21-13-11-16(12-14-21)20-19(22)10-8-17-7-9-18(23-17)15-5-3-2-4-6-15/h2-7,9,16H,8,10-14H2,1H3,(H,20,22). The summed E-state index contributed by atoms with van der Waals surface area (Å²) < 4.78 is 5.84. The second-order valence-electron chi connectivity index (χ2n) is 6.28.